The maximum Gasteiger partial charge on any atom is 0.203 e. The Balaban J connectivity index is 3.02. The van der Waals surface area contributed by atoms with Crippen molar-refractivity contribution in [3.63, 3.8) is 0 Å². The van der Waals surface area contributed by atoms with Crippen LogP contribution >= 0.6 is 0 Å². The molecule has 0 saturated carbocycles. The van der Waals surface area contributed by atoms with E-state index in [1.807, 2.05) is 6.92 Å². The Morgan fingerprint density at radius 1 is 1.23 bits per heavy atom. The highest BCUT2D eigenvalue weighted by atomic mass is 28.2. The monoisotopic (exact) mass is 192 g/mol. The molecule has 0 saturated heterocycles. The second kappa shape index (κ2) is 4.28. The first-order valence-electron chi connectivity index (χ1n) is 4.42. The van der Waals surface area contributed by atoms with Gasteiger partial charge in [-0.25, -0.2) is 0 Å². The predicted molar refractivity (Wildman–Crippen MR) is 60.6 cm³/mol. The van der Waals surface area contributed by atoms with Crippen molar-refractivity contribution in [3.8, 4) is 0 Å². The van der Waals surface area contributed by atoms with Crippen LogP contribution in [0.2, 0.25) is 0 Å². The van der Waals surface area contributed by atoms with Gasteiger partial charge in [-0.3, -0.25) is 0 Å². The summed E-state index contributed by atoms with van der Waals surface area (Å²) in [6, 6.07) is 6.50. The minimum absolute atomic E-state index is 0.762. The number of hydrogen-bond donors (Lipinski definition) is 0. The minimum Gasteiger partial charge on any atom is -0.556 e. The summed E-state index contributed by atoms with van der Waals surface area (Å²) in [4.78, 5) is 0. The molecule has 0 aliphatic rings. The zero-order valence-electron chi connectivity index (χ0n) is 8.72. The second-order valence-corrected chi connectivity index (χ2v) is 3.79. The second-order valence-electron chi connectivity index (χ2n) is 3.38. The van der Waals surface area contributed by atoms with Crippen LogP contribution in [-0.4, -0.2) is 10.5 Å². The molecule has 13 heavy (non-hydrogen) atoms. The fourth-order valence-electron chi connectivity index (χ4n) is 1.39. The smallest absolute Gasteiger partial charge is 0.203 e. The summed E-state index contributed by atoms with van der Waals surface area (Å²) < 4.78 is 5.23. The van der Waals surface area contributed by atoms with Gasteiger partial charge in [-0.15, -0.1) is 0 Å². The third-order valence-electron chi connectivity index (χ3n) is 1.94. The van der Waals surface area contributed by atoms with Gasteiger partial charge in [0.05, 0.1) is 5.76 Å². The van der Waals surface area contributed by atoms with E-state index in [4.69, 9.17) is 4.43 Å². The lowest BCUT2D eigenvalue weighted by atomic mass is 10.1. The highest BCUT2D eigenvalue weighted by molar-refractivity contribution is 5.99. The van der Waals surface area contributed by atoms with Crippen molar-refractivity contribution in [2.45, 2.75) is 20.8 Å². The molecule has 1 nitrogen and oxygen atoms in total. The van der Waals surface area contributed by atoms with Crippen LogP contribution in [0, 0.1) is 13.8 Å². The van der Waals surface area contributed by atoms with Gasteiger partial charge in [-0.2, -0.15) is 0 Å². The first kappa shape index (κ1) is 10.1. The average Bonchev–Trinajstić information content (AvgIpc) is 2.02. The molecule has 2 heteroatoms. The van der Waals surface area contributed by atoms with E-state index in [2.05, 4.69) is 38.1 Å². The molecule has 1 rings (SSSR count). The molecule has 0 spiro atoms. The molecule has 0 N–H and O–H groups in total. The Kier molecular flexibility index (Phi) is 3.31. The van der Waals surface area contributed by atoms with E-state index < -0.39 is 0 Å². The lowest BCUT2D eigenvalue weighted by Gasteiger charge is -2.02. The van der Waals surface area contributed by atoms with E-state index >= 15 is 0 Å². The minimum atomic E-state index is 0.762. The SMILES string of the molecule is CC(=Cc1cc(C)cc(C)c1)O[SiH3]. The third-order valence-corrected chi connectivity index (χ3v) is 2.58. The topological polar surface area (TPSA) is 9.23 Å². The van der Waals surface area contributed by atoms with Crippen molar-refractivity contribution in [3.05, 3.63) is 40.6 Å². The molecule has 1 aromatic carbocycles. The van der Waals surface area contributed by atoms with Gasteiger partial charge in [0.2, 0.25) is 10.5 Å². The number of rotatable bonds is 2. The summed E-state index contributed by atoms with van der Waals surface area (Å²) in [7, 11) is 0.762. The van der Waals surface area contributed by atoms with Crippen LogP contribution in [0.15, 0.2) is 24.0 Å². The molecule has 0 atom stereocenters. The molecule has 0 heterocycles. The fourth-order valence-corrected chi connectivity index (χ4v) is 1.50. The molecule has 0 unspecified atom stereocenters. The summed E-state index contributed by atoms with van der Waals surface area (Å²) >= 11 is 0. The first-order valence-corrected chi connectivity index (χ1v) is 5.24. The van der Waals surface area contributed by atoms with Crippen LogP contribution in [0.1, 0.15) is 23.6 Å². The van der Waals surface area contributed by atoms with Crippen LogP contribution in [-0.2, 0) is 4.43 Å². The third kappa shape index (κ3) is 3.07. The zero-order valence-corrected chi connectivity index (χ0v) is 10.7. The molecule has 0 aliphatic carbocycles. The number of allylic oxidation sites excluding steroid dienone is 1. The molecular formula is C11H16OSi. The number of hydrogen-bond acceptors (Lipinski definition) is 1. The summed E-state index contributed by atoms with van der Waals surface area (Å²) in [6.07, 6.45) is 2.08. The Bertz CT molecular complexity index is 309. The molecule has 0 bridgehead atoms. The molecule has 70 valence electrons. The molecular weight excluding hydrogens is 176 g/mol. The van der Waals surface area contributed by atoms with Gasteiger partial charge in [-0.05, 0) is 32.4 Å². The quantitative estimate of drug-likeness (QED) is 0.514. The largest absolute Gasteiger partial charge is 0.556 e. The highest BCUT2D eigenvalue weighted by Crippen LogP contribution is 2.12. The van der Waals surface area contributed by atoms with Crippen molar-refractivity contribution in [1.82, 2.24) is 0 Å². The summed E-state index contributed by atoms with van der Waals surface area (Å²) in [5.74, 6) is 0.997. The van der Waals surface area contributed by atoms with Crippen molar-refractivity contribution in [1.29, 1.82) is 0 Å². The van der Waals surface area contributed by atoms with Crippen molar-refractivity contribution < 1.29 is 4.43 Å². The van der Waals surface area contributed by atoms with E-state index in [1.165, 1.54) is 16.7 Å². The van der Waals surface area contributed by atoms with E-state index in [1.54, 1.807) is 0 Å². The Morgan fingerprint density at radius 3 is 2.23 bits per heavy atom. The van der Waals surface area contributed by atoms with Crippen molar-refractivity contribution in [2.75, 3.05) is 0 Å². The Morgan fingerprint density at radius 2 is 1.77 bits per heavy atom. The van der Waals surface area contributed by atoms with Crippen LogP contribution < -0.4 is 0 Å². The van der Waals surface area contributed by atoms with Gasteiger partial charge in [0.1, 0.15) is 0 Å². The zero-order chi connectivity index (χ0) is 9.84. The van der Waals surface area contributed by atoms with Crippen molar-refractivity contribution >= 4 is 16.6 Å². The normalized spacial score (nSPS) is 11.8. The van der Waals surface area contributed by atoms with Crippen LogP contribution in [0.3, 0.4) is 0 Å². The molecule has 0 aromatic heterocycles. The van der Waals surface area contributed by atoms with Gasteiger partial charge in [0.25, 0.3) is 0 Å². The number of aryl methyl sites for hydroxylation is 2. The van der Waals surface area contributed by atoms with Gasteiger partial charge >= 0.3 is 0 Å². The van der Waals surface area contributed by atoms with Gasteiger partial charge < -0.3 is 4.43 Å². The summed E-state index contributed by atoms with van der Waals surface area (Å²) in [5.41, 5.74) is 3.82. The fraction of sp³-hybridized carbons (Fsp3) is 0.273. The summed E-state index contributed by atoms with van der Waals surface area (Å²) in [6.45, 7) is 6.22. The molecule has 0 radical (unpaired) electrons. The van der Waals surface area contributed by atoms with Crippen LogP contribution in [0.5, 0.6) is 0 Å². The van der Waals surface area contributed by atoms with E-state index in [-0.39, 0.29) is 0 Å². The van der Waals surface area contributed by atoms with Crippen LogP contribution in [0.25, 0.3) is 6.08 Å². The van der Waals surface area contributed by atoms with Gasteiger partial charge in [0.15, 0.2) is 0 Å². The maximum absolute atomic E-state index is 5.23. The molecule has 1 aromatic rings. The van der Waals surface area contributed by atoms with Crippen molar-refractivity contribution in [2.24, 2.45) is 0 Å². The van der Waals surface area contributed by atoms with E-state index in [9.17, 15) is 0 Å². The predicted octanol–water partition coefficient (Wildman–Crippen LogP) is 1.96. The molecule has 0 aliphatic heterocycles. The molecule has 0 amide bonds. The lowest BCUT2D eigenvalue weighted by Crippen LogP contribution is -1.84. The van der Waals surface area contributed by atoms with E-state index in [0.29, 0.717) is 0 Å². The maximum atomic E-state index is 5.23. The van der Waals surface area contributed by atoms with Gasteiger partial charge in [0, 0.05) is 0 Å². The highest BCUT2D eigenvalue weighted by Gasteiger charge is 1.93. The standard InChI is InChI=1S/C11H16OSi/c1-8-4-9(2)6-11(5-8)7-10(3)12-13/h4-7H,1-3,13H3. The Hall–Kier alpha value is -1.02. The van der Waals surface area contributed by atoms with E-state index in [0.717, 1.165) is 16.2 Å². The molecule has 0 fully saturated rings. The first-order chi connectivity index (χ1) is 6.11. The van der Waals surface area contributed by atoms with Crippen LogP contribution in [0.4, 0.5) is 0 Å². The summed E-state index contributed by atoms with van der Waals surface area (Å²) in [5, 5.41) is 0. The number of benzene rings is 1. The average molecular weight is 192 g/mol. The lowest BCUT2D eigenvalue weighted by molar-refractivity contribution is 0.479. The van der Waals surface area contributed by atoms with Gasteiger partial charge in [-0.1, -0.05) is 29.3 Å². The Labute approximate surface area is 83.0 Å².